The van der Waals surface area contributed by atoms with Gasteiger partial charge < -0.3 is 14.9 Å². The van der Waals surface area contributed by atoms with Gasteiger partial charge in [-0.2, -0.15) is 0 Å². The van der Waals surface area contributed by atoms with Crippen molar-refractivity contribution < 1.29 is 9.90 Å². The Balaban J connectivity index is 1.73. The zero-order valence-corrected chi connectivity index (χ0v) is 15.7. The largest absolute Gasteiger partial charge is 0.508 e. The number of amides is 1. The molecule has 0 aliphatic carbocycles. The van der Waals surface area contributed by atoms with Gasteiger partial charge in [-0.15, -0.1) is 0 Å². The van der Waals surface area contributed by atoms with Gasteiger partial charge in [0.15, 0.2) is 0 Å². The predicted octanol–water partition coefficient (Wildman–Crippen LogP) is 3.75. The molecule has 138 valence electrons. The average Bonchev–Trinajstić information content (AvgIpc) is 2.62. The Bertz CT molecular complexity index is 740. The highest BCUT2D eigenvalue weighted by Crippen LogP contribution is 2.31. The summed E-state index contributed by atoms with van der Waals surface area (Å²) in [6, 6.07) is 15.8. The molecule has 0 aromatic heterocycles. The fourth-order valence-electron chi connectivity index (χ4n) is 3.73. The predicted molar refractivity (Wildman–Crippen MR) is 104 cm³/mol. The van der Waals surface area contributed by atoms with Crippen LogP contribution in [0.15, 0.2) is 48.5 Å². The number of nitrogens with zero attached hydrogens (tertiary/aromatic N) is 2. The topological polar surface area (TPSA) is 43.8 Å². The molecule has 0 unspecified atom stereocenters. The second kappa shape index (κ2) is 8.37. The van der Waals surface area contributed by atoms with Crippen molar-refractivity contribution in [2.45, 2.75) is 38.3 Å². The second-order valence-corrected chi connectivity index (χ2v) is 7.42. The van der Waals surface area contributed by atoms with Gasteiger partial charge in [0.1, 0.15) is 5.75 Å². The summed E-state index contributed by atoms with van der Waals surface area (Å²) >= 11 is 0. The Morgan fingerprint density at radius 2 is 1.88 bits per heavy atom. The third kappa shape index (κ3) is 4.64. The molecule has 0 bridgehead atoms. The van der Waals surface area contributed by atoms with Gasteiger partial charge in [-0.1, -0.05) is 36.4 Å². The first-order valence-electron chi connectivity index (χ1n) is 9.34. The van der Waals surface area contributed by atoms with Crippen molar-refractivity contribution in [3.63, 3.8) is 0 Å². The van der Waals surface area contributed by atoms with E-state index in [1.165, 1.54) is 11.1 Å². The van der Waals surface area contributed by atoms with E-state index < -0.39 is 0 Å². The monoisotopic (exact) mass is 352 g/mol. The van der Waals surface area contributed by atoms with Gasteiger partial charge in [0.25, 0.3) is 0 Å². The zero-order valence-electron chi connectivity index (χ0n) is 15.7. The fourth-order valence-corrected chi connectivity index (χ4v) is 3.73. The highest BCUT2D eigenvalue weighted by Gasteiger charge is 2.27. The molecule has 2 aromatic carbocycles. The van der Waals surface area contributed by atoms with Crippen molar-refractivity contribution in [1.82, 2.24) is 9.80 Å². The minimum atomic E-state index is 0.137. The Kier molecular flexibility index (Phi) is 5.94. The summed E-state index contributed by atoms with van der Waals surface area (Å²) in [5.74, 6) is 0.347. The van der Waals surface area contributed by atoms with Crippen LogP contribution in [0.1, 0.15) is 42.0 Å². The van der Waals surface area contributed by atoms with Gasteiger partial charge in [0.2, 0.25) is 5.91 Å². The molecule has 1 amide bonds. The van der Waals surface area contributed by atoms with Crippen LogP contribution in [0.4, 0.5) is 0 Å². The number of hydrogen-bond donors (Lipinski definition) is 1. The number of carbonyl (C=O) groups excluding carboxylic acids is 1. The van der Waals surface area contributed by atoms with Crippen molar-refractivity contribution >= 4 is 5.91 Å². The number of hydrogen-bond acceptors (Lipinski definition) is 3. The number of likely N-dealkylation sites (tertiary alicyclic amines) is 1. The maximum Gasteiger partial charge on any atom is 0.227 e. The molecule has 1 aliphatic rings. The molecule has 0 spiro atoms. The van der Waals surface area contributed by atoms with E-state index in [2.05, 4.69) is 43.3 Å². The molecule has 1 atom stereocenters. The molecule has 26 heavy (non-hydrogen) atoms. The maximum atomic E-state index is 12.9. The van der Waals surface area contributed by atoms with Gasteiger partial charge >= 0.3 is 0 Å². The van der Waals surface area contributed by atoms with Crippen molar-refractivity contribution in [3.8, 4) is 5.75 Å². The number of phenols is 1. The molecular formula is C22H28N2O2. The van der Waals surface area contributed by atoms with E-state index in [9.17, 15) is 9.90 Å². The van der Waals surface area contributed by atoms with Crippen molar-refractivity contribution in [2.24, 2.45) is 0 Å². The van der Waals surface area contributed by atoms with Crippen molar-refractivity contribution in [3.05, 3.63) is 65.2 Å². The van der Waals surface area contributed by atoms with E-state index >= 15 is 0 Å². The van der Waals surface area contributed by atoms with Crippen LogP contribution < -0.4 is 0 Å². The van der Waals surface area contributed by atoms with E-state index in [1.54, 1.807) is 18.2 Å². The summed E-state index contributed by atoms with van der Waals surface area (Å²) in [4.78, 5) is 17.1. The van der Waals surface area contributed by atoms with E-state index in [0.717, 1.165) is 37.9 Å². The van der Waals surface area contributed by atoms with Crippen LogP contribution >= 0.6 is 0 Å². The van der Waals surface area contributed by atoms with E-state index in [0.29, 0.717) is 6.42 Å². The maximum absolute atomic E-state index is 12.9. The molecular weight excluding hydrogens is 324 g/mol. The van der Waals surface area contributed by atoms with Crippen LogP contribution in [0, 0.1) is 0 Å². The molecule has 1 fully saturated rings. The first-order valence-corrected chi connectivity index (χ1v) is 9.34. The molecule has 2 aromatic rings. The van der Waals surface area contributed by atoms with Gasteiger partial charge in [0.05, 0.1) is 12.5 Å². The molecule has 0 saturated carbocycles. The third-order valence-electron chi connectivity index (χ3n) is 4.95. The molecule has 1 saturated heterocycles. The zero-order chi connectivity index (χ0) is 18.5. The average molecular weight is 352 g/mol. The van der Waals surface area contributed by atoms with Crippen molar-refractivity contribution in [2.75, 3.05) is 20.6 Å². The van der Waals surface area contributed by atoms with Gasteiger partial charge in [-0.25, -0.2) is 0 Å². The third-order valence-corrected chi connectivity index (χ3v) is 4.95. The van der Waals surface area contributed by atoms with E-state index in [4.69, 9.17) is 0 Å². The molecule has 4 heteroatoms. The summed E-state index contributed by atoms with van der Waals surface area (Å²) in [5, 5.41) is 9.63. The number of piperidine rings is 1. The minimum Gasteiger partial charge on any atom is -0.508 e. The molecule has 1 heterocycles. The normalized spacial score (nSPS) is 17.5. The van der Waals surface area contributed by atoms with E-state index in [-0.39, 0.29) is 17.7 Å². The lowest BCUT2D eigenvalue weighted by Crippen LogP contribution is -2.39. The number of carbonyl (C=O) groups is 1. The SMILES string of the molecule is CN(C)Cc1ccc([C@H]2CCCCN2C(=O)Cc2cccc(O)c2)cc1. The summed E-state index contributed by atoms with van der Waals surface area (Å²) in [7, 11) is 4.13. The standard InChI is InChI=1S/C22H28N2O2/c1-23(2)16-17-9-11-19(12-10-17)21-8-3-4-13-24(21)22(26)15-18-6-5-7-20(25)14-18/h5-7,9-12,14,21,25H,3-4,8,13,15-16H2,1-2H3/t21-/m1/s1. The second-order valence-electron chi connectivity index (χ2n) is 7.42. The van der Waals surface area contributed by atoms with Crippen LogP contribution in [-0.2, 0) is 17.8 Å². The lowest BCUT2D eigenvalue weighted by molar-refractivity contribution is -0.134. The highest BCUT2D eigenvalue weighted by molar-refractivity contribution is 5.79. The lowest BCUT2D eigenvalue weighted by atomic mass is 9.93. The van der Waals surface area contributed by atoms with Crippen LogP contribution in [0.25, 0.3) is 0 Å². The quantitative estimate of drug-likeness (QED) is 0.891. The molecule has 4 nitrogen and oxygen atoms in total. The number of aromatic hydroxyl groups is 1. The van der Waals surface area contributed by atoms with Gasteiger partial charge in [-0.05, 0) is 62.2 Å². The lowest BCUT2D eigenvalue weighted by Gasteiger charge is -2.36. The molecule has 1 N–H and O–H groups in total. The summed E-state index contributed by atoms with van der Waals surface area (Å²) in [6.07, 6.45) is 3.56. The Hall–Kier alpha value is -2.33. The first-order chi connectivity index (χ1) is 12.5. The Morgan fingerprint density at radius 1 is 1.12 bits per heavy atom. The number of benzene rings is 2. The summed E-state index contributed by atoms with van der Waals surface area (Å²) in [5.41, 5.74) is 3.37. The van der Waals surface area contributed by atoms with Crippen LogP contribution in [0.3, 0.4) is 0 Å². The molecule has 0 radical (unpaired) electrons. The smallest absolute Gasteiger partial charge is 0.227 e. The molecule has 3 rings (SSSR count). The number of phenolic OH excluding ortho intramolecular Hbond substituents is 1. The Morgan fingerprint density at radius 3 is 2.58 bits per heavy atom. The molecule has 1 aliphatic heterocycles. The van der Waals surface area contributed by atoms with Crippen molar-refractivity contribution in [1.29, 1.82) is 0 Å². The highest BCUT2D eigenvalue weighted by atomic mass is 16.3. The van der Waals surface area contributed by atoms with E-state index in [1.807, 2.05) is 11.0 Å². The Labute approximate surface area is 156 Å². The summed E-state index contributed by atoms with van der Waals surface area (Å²) < 4.78 is 0. The van der Waals surface area contributed by atoms with Crippen LogP contribution in [-0.4, -0.2) is 41.5 Å². The van der Waals surface area contributed by atoms with Crippen LogP contribution in [0.5, 0.6) is 5.75 Å². The minimum absolute atomic E-state index is 0.137. The fraction of sp³-hybridized carbons (Fsp3) is 0.409. The van der Waals surface area contributed by atoms with Gasteiger partial charge in [0, 0.05) is 13.1 Å². The van der Waals surface area contributed by atoms with Crippen LogP contribution in [0.2, 0.25) is 0 Å². The first kappa shape index (κ1) is 18.5. The summed E-state index contributed by atoms with van der Waals surface area (Å²) in [6.45, 7) is 1.73. The van der Waals surface area contributed by atoms with Gasteiger partial charge in [-0.3, -0.25) is 4.79 Å². The number of rotatable bonds is 5.